The quantitative estimate of drug-likeness (QED) is 0.444. The van der Waals surface area contributed by atoms with E-state index in [0.29, 0.717) is 18.0 Å². The van der Waals surface area contributed by atoms with Crippen LogP contribution in [-0.4, -0.2) is 21.8 Å². The summed E-state index contributed by atoms with van der Waals surface area (Å²) in [4.78, 5) is 18.6. The number of hydrogen-bond donors (Lipinski definition) is 1. The zero-order chi connectivity index (χ0) is 24.0. The number of carbonyl (C=O) groups is 1. The fourth-order valence-electron chi connectivity index (χ4n) is 3.38. The molecule has 3 aromatic rings. The number of nitrogens with zero attached hydrogens (tertiary/aromatic N) is 2. The highest BCUT2D eigenvalue weighted by Crippen LogP contribution is 2.30. The van der Waals surface area contributed by atoms with Gasteiger partial charge < -0.3 is 9.73 Å². The zero-order valence-corrected chi connectivity index (χ0v) is 18.9. The third kappa shape index (κ3) is 6.92. The lowest BCUT2D eigenvalue weighted by atomic mass is 10.1. The molecule has 0 saturated carbocycles. The highest BCUT2D eigenvalue weighted by Gasteiger charge is 2.30. The number of oxazole rings is 1. The summed E-state index contributed by atoms with van der Waals surface area (Å²) in [5.41, 5.74) is 2.15. The summed E-state index contributed by atoms with van der Waals surface area (Å²) in [6.45, 7) is 6.84. The Balaban J connectivity index is 1.81. The highest BCUT2D eigenvalue weighted by molar-refractivity contribution is 5.92. The number of aryl methyl sites for hydroxylation is 1. The Labute approximate surface area is 191 Å². The summed E-state index contributed by atoms with van der Waals surface area (Å²) in [6, 6.07) is 13.1. The van der Waals surface area contributed by atoms with E-state index in [1.54, 1.807) is 6.07 Å². The fraction of sp³-hybridized carbons (Fsp3) is 0.360. The highest BCUT2D eigenvalue weighted by atomic mass is 19.4. The maximum atomic E-state index is 13.2. The minimum Gasteiger partial charge on any atom is -0.447 e. The molecule has 0 radical (unpaired) electrons. The smallest absolute Gasteiger partial charge is 0.416 e. The minimum atomic E-state index is -4.41. The van der Waals surface area contributed by atoms with E-state index in [-0.39, 0.29) is 30.7 Å². The largest absolute Gasteiger partial charge is 0.447 e. The Morgan fingerprint density at radius 3 is 2.58 bits per heavy atom. The zero-order valence-electron chi connectivity index (χ0n) is 18.9. The van der Waals surface area contributed by atoms with E-state index >= 15 is 0 Å². The van der Waals surface area contributed by atoms with Crippen LogP contribution in [0, 0.1) is 6.92 Å². The van der Waals surface area contributed by atoms with Gasteiger partial charge in [-0.15, -0.1) is 0 Å². The number of alkyl halides is 3. The predicted octanol–water partition coefficient (Wildman–Crippen LogP) is 5.73. The van der Waals surface area contributed by atoms with Crippen LogP contribution in [0.1, 0.15) is 58.9 Å². The van der Waals surface area contributed by atoms with E-state index in [1.807, 2.05) is 49.9 Å². The SMILES string of the molecule is CC[C@H](C)NC(=O)c1coc(CN(Cc2cccc(C(F)(F)F)c2)Cc2ccccc2C)n1. The number of amides is 1. The minimum absolute atomic E-state index is 0.0103. The summed E-state index contributed by atoms with van der Waals surface area (Å²) in [6.07, 6.45) is -2.31. The molecule has 0 aliphatic rings. The number of carbonyl (C=O) groups excluding carboxylic acids is 1. The van der Waals surface area contributed by atoms with Crippen LogP contribution in [0.3, 0.4) is 0 Å². The first kappa shape index (κ1) is 24.5. The van der Waals surface area contributed by atoms with Crippen molar-refractivity contribution in [2.45, 2.75) is 59.0 Å². The molecule has 0 bridgehead atoms. The van der Waals surface area contributed by atoms with Crippen LogP contribution in [0.25, 0.3) is 0 Å². The first-order valence-corrected chi connectivity index (χ1v) is 10.8. The van der Waals surface area contributed by atoms with Crippen LogP contribution in [0.2, 0.25) is 0 Å². The molecule has 0 saturated heterocycles. The van der Waals surface area contributed by atoms with Crippen LogP contribution >= 0.6 is 0 Å². The van der Waals surface area contributed by atoms with Crippen molar-refractivity contribution in [3.63, 3.8) is 0 Å². The summed E-state index contributed by atoms with van der Waals surface area (Å²) >= 11 is 0. The number of benzene rings is 2. The Hall–Kier alpha value is -3.13. The van der Waals surface area contributed by atoms with E-state index in [9.17, 15) is 18.0 Å². The molecule has 0 spiro atoms. The van der Waals surface area contributed by atoms with Gasteiger partial charge in [0, 0.05) is 19.1 Å². The molecule has 0 aliphatic heterocycles. The molecule has 176 valence electrons. The van der Waals surface area contributed by atoms with Gasteiger partial charge in [-0.3, -0.25) is 9.69 Å². The number of hydrogen-bond acceptors (Lipinski definition) is 4. The Morgan fingerprint density at radius 2 is 1.88 bits per heavy atom. The molecule has 8 heteroatoms. The summed E-state index contributed by atoms with van der Waals surface area (Å²) in [5, 5.41) is 2.84. The van der Waals surface area contributed by atoms with Crippen molar-refractivity contribution in [3.05, 3.63) is 88.6 Å². The number of halogens is 3. The molecule has 2 aromatic carbocycles. The van der Waals surface area contributed by atoms with Gasteiger partial charge in [0.05, 0.1) is 12.1 Å². The molecule has 0 aliphatic carbocycles. The average Bonchev–Trinajstić information content (AvgIpc) is 3.23. The van der Waals surface area contributed by atoms with Crippen molar-refractivity contribution >= 4 is 5.91 Å². The maximum Gasteiger partial charge on any atom is 0.416 e. The second kappa shape index (κ2) is 10.7. The van der Waals surface area contributed by atoms with E-state index in [4.69, 9.17) is 4.42 Å². The van der Waals surface area contributed by atoms with Gasteiger partial charge >= 0.3 is 6.18 Å². The lowest BCUT2D eigenvalue weighted by Crippen LogP contribution is -2.32. The van der Waals surface area contributed by atoms with Crippen LogP contribution in [-0.2, 0) is 25.8 Å². The predicted molar refractivity (Wildman–Crippen MR) is 119 cm³/mol. The molecule has 1 atom stereocenters. The molecule has 3 rings (SSSR count). The normalized spacial score (nSPS) is 12.7. The lowest BCUT2D eigenvalue weighted by Gasteiger charge is -2.22. The molecule has 1 aromatic heterocycles. The molecule has 1 amide bonds. The van der Waals surface area contributed by atoms with E-state index in [0.717, 1.165) is 29.7 Å². The van der Waals surface area contributed by atoms with Gasteiger partial charge in [-0.25, -0.2) is 4.98 Å². The molecule has 1 heterocycles. The lowest BCUT2D eigenvalue weighted by molar-refractivity contribution is -0.137. The standard InChI is InChI=1S/C25H28F3N3O2/c1-4-18(3)29-24(32)22-16-33-23(30-22)15-31(14-20-10-6-5-8-17(20)2)13-19-9-7-11-21(12-19)25(26,27)28/h5-12,16,18H,4,13-15H2,1-3H3,(H,29,32)/t18-/m0/s1. The Morgan fingerprint density at radius 1 is 1.12 bits per heavy atom. The van der Waals surface area contributed by atoms with Crippen LogP contribution < -0.4 is 5.32 Å². The van der Waals surface area contributed by atoms with Crippen molar-refractivity contribution in [3.8, 4) is 0 Å². The van der Waals surface area contributed by atoms with Crippen molar-refractivity contribution in [2.24, 2.45) is 0 Å². The second-order valence-corrected chi connectivity index (χ2v) is 8.18. The fourth-order valence-corrected chi connectivity index (χ4v) is 3.38. The summed E-state index contributed by atoms with van der Waals surface area (Å²) < 4.78 is 45.0. The van der Waals surface area contributed by atoms with Gasteiger partial charge in [-0.2, -0.15) is 13.2 Å². The van der Waals surface area contributed by atoms with Crippen molar-refractivity contribution in [2.75, 3.05) is 0 Å². The van der Waals surface area contributed by atoms with Gasteiger partial charge in [0.2, 0.25) is 5.89 Å². The van der Waals surface area contributed by atoms with E-state index in [1.165, 1.54) is 12.3 Å². The maximum absolute atomic E-state index is 13.2. The first-order chi connectivity index (χ1) is 15.7. The Kier molecular flexibility index (Phi) is 7.92. The van der Waals surface area contributed by atoms with Crippen LogP contribution in [0.15, 0.2) is 59.2 Å². The van der Waals surface area contributed by atoms with Gasteiger partial charge in [0.15, 0.2) is 5.69 Å². The summed E-state index contributed by atoms with van der Waals surface area (Å²) in [5.74, 6) is 0.00699. The van der Waals surface area contributed by atoms with Crippen molar-refractivity contribution in [1.82, 2.24) is 15.2 Å². The van der Waals surface area contributed by atoms with Gasteiger partial charge in [0.1, 0.15) is 6.26 Å². The molecule has 0 fully saturated rings. The molecular weight excluding hydrogens is 431 g/mol. The van der Waals surface area contributed by atoms with Crippen LogP contribution in [0.5, 0.6) is 0 Å². The van der Waals surface area contributed by atoms with Crippen LogP contribution in [0.4, 0.5) is 13.2 Å². The van der Waals surface area contributed by atoms with Crippen molar-refractivity contribution in [1.29, 1.82) is 0 Å². The molecule has 1 N–H and O–H groups in total. The van der Waals surface area contributed by atoms with Crippen molar-refractivity contribution < 1.29 is 22.4 Å². The Bertz CT molecular complexity index is 1080. The number of nitrogens with one attached hydrogen (secondary N) is 1. The third-order valence-electron chi connectivity index (χ3n) is 5.45. The topological polar surface area (TPSA) is 58.4 Å². The number of aromatic nitrogens is 1. The molecular formula is C25H28F3N3O2. The van der Waals surface area contributed by atoms with E-state index < -0.39 is 11.7 Å². The molecule has 33 heavy (non-hydrogen) atoms. The van der Waals surface area contributed by atoms with Gasteiger partial charge in [0.25, 0.3) is 5.91 Å². The average molecular weight is 460 g/mol. The first-order valence-electron chi connectivity index (χ1n) is 10.8. The third-order valence-corrected chi connectivity index (χ3v) is 5.45. The molecule has 5 nitrogen and oxygen atoms in total. The second-order valence-electron chi connectivity index (χ2n) is 8.18. The van der Waals surface area contributed by atoms with E-state index in [2.05, 4.69) is 10.3 Å². The van der Waals surface area contributed by atoms with Gasteiger partial charge in [-0.05, 0) is 43.0 Å². The molecule has 0 unspecified atom stereocenters. The summed E-state index contributed by atoms with van der Waals surface area (Å²) in [7, 11) is 0. The number of rotatable bonds is 9. The van der Waals surface area contributed by atoms with Gasteiger partial charge in [-0.1, -0.05) is 49.4 Å². The monoisotopic (exact) mass is 459 g/mol.